The second-order valence-electron chi connectivity index (χ2n) is 6.50. The number of nitrogens with one attached hydrogen (secondary N) is 2. The maximum atomic E-state index is 11.6. The summed E-state index contributed by atoms with van der Waals surface area (Å²) in [5, 5.41) is 15.3. The fourth-order valence-electron chi connectivity index (χ4n) is 2.97. The van der Waals surface area contributed by atoms with Gasteiger partial charge in [0.25, 0.3) is 0 Å². The summed E-state index contributed by atoms with van der Waals surface area (Å²) in [6, 6.07) is 12.8. The maximum absolute atomic E-state index is 11.6. The minimum Gasteiger partial charge on any atom is -0.478 e. The third kappa shape index (κ3) is 4.90. The van der Waals surface area contributed by atoms with Gasteiger partial charge in [-0.15, -0.1) is 0 Å². The zero-order valence-electron chi connectivity index (χ0n) is 15.8. The summed E-state index contributed by atoms with van der Waals surface area (Å²) in [5.41, 5.74) is 2.93. The molecule has 1 fully saturated rings. The van der Waals surface area contributed by atoms with Crippen LogP contribution in [0.3, 0.4) is 0 Å². The molecule has 1 aliphatic rings. The van der Waals surface area contributed by atoms with E-state index in [4.69, 9.17) is 0 Å². The van der Waals surface area contributed by atoms with Crippen LogP contribution in [0.2, 0.25) is 0 Å². The lowest BCUT2D eigenvalue weighted by atomic mass is 10.1. The first-order chi connectivity index (χ1) is 13.6. The van der Waals surface area contributed by atoms with E-state index in [0.717, 1.165) is 31.7 Å². The van der Waals surface area contributed by atoms with Gasteiger partial charge in [0.05, 0.1) is 11.3 Å². The van der Waals surface area contributed by atoms with Crippen LogP contribution in [-0.4, -0.2) is 43.2 Å². The molecule has 3 N–H and O–H groups in total. The average Bonchev–Trinajstić information content (AvgIpc) is 2.73. The Morgan fingerprint density at radius 3 is 2.36 bits per heavy atom. The number of carboxylic acids is 1. The first-order valence-corrected chi connectivity index (χ1v) is 9.32. The van der Waals surface area contributed by atoms with E-state index < -0.39 is 5.97 Å². The molecule has 3 rings (SSSR count). The Morgan fingerprint density at radius 2 is 1.71 bits per heavy atom. The maximum Gasteiger partial charge on any atom is 0.337 e. The molecule has 0 saturated carbocycles. The zero-order chi connectivity index (χ0) is 19.9. The number of carboxylic acid groups (broad SMARTS) is 1. The molecule has 0 bridgehead atoms. The monoisotopic (exact) mass is 377 g/mol. The summed E-state index contributed by atoms with van der Waals surface area (Å²) in [5.74, 6) is 4.74. The van der Waals surface area contributed by atoms with Gasteiger partial charge in [-0.25, -0.2) is 4.79 Å². The minimum absolute atomic E-state index is 0.0302. The summed E-state index contributed by atoms with van der Waals surface area (Å²) < 4.78 is 0. The third-order valence-electron chi connectivity index (χ3n) is 4.55. The van der Waals surface area contributed by atoms with Crippen LogP contribution in [0.15, 0.2) is 42.5 Å². The van der Waals surface area contributed by atoms with Crippen molar-refractivity contribution in [1.82, 2.24) is 5.32 Å². The highest BCUT2D eigenvalue weighted by Gasteiger charge is 2.12. The molecule has 1 amide bonds. The highest BCUT2D eigenvalue weighted by atomic mass is 16.4. The van der Waals surface area contributed by atoms with Gasteiger partial charge in [0.15, 0.2) is 0 Å². The number of nitrogens with zero attached hydrogens (tertiary/aromatic N) is 1. The normalized spacial score (nSPS) is 13.4. The Kier molecular flexibility index (Phi) is 6.30. The summed E-state index contributed by atoms with van der Waals surface area (Å²) >= 11 is 0. The molecule has 1 saturated heterocycles. The quantitative estimate of drug-likeness (QED) is 0.714. The van der Waals surface area contributed by atoms with Gasteiger partial charge in [-0.2, -0.15) is 0 Å². The molecule has 2 aromatic carbocycles. The van der Waals surface area contributed by atoms with Crippen LogP contribution in [-0.2, 0) is 4.79 Å². The first-order valence-electron chi connectivity index (χ1n) is 9.32. The number of hydrogen-bond donors (Lipinski definition) is 3. The Balaban J connectivity index is 1.76. The number of piperazine rings is 1. The number of carbonyl (C=O) groups excluding carboxylic acids is 1. The lowest BCUT2D eigenvalue weighted by molar-refractivity contribution is -0.115. The van der Waals surface area contributed by atoms with E-state index in [1.54, 1.807) is 19.1 Å². The molecule has 0 aromatic heterocycles. The molecule has 0 atom stereocenters. The van der Waals surface area contributed by atoms with Crippen molar-refractivity contribution in [1.29, 1.82) is 0 Å². The molecule has 1 aliphatic heterocycles. The molecule has 0 spiro atoms. The van der Waals surface area contributed by atoms with E-state index in [9.17, 15) is 14.7 Å². The topological polar surface area (TPSA) is 81.7 Å². The van der Waals surface area contributed by atoms with Crippen molar-refractivity contribution in [2.24, 2.45) is 0 Å². The van der Waals surface area contributed by atoms with Gasteiger partial charge in [-0.1, -0.05) is 18.8 Å². The molecule has 2 aromatic rings. The fraction of sp³-hybridized carbons (Fsp3) is 0.273. The van der Waals surface area contributed by atoms with Crippen molar-refractivity contribution < 1.29 is 14.7 Å². The van der Waals surface area contributed by atoms with Crippen molar-refractivity contribution in [3.63, 3.8) is 0 Å². The molecular formula is C22H23N3O3. The van der Waals surface area contributed by atoms with Crippen LogP contribution in [0.25, 0.3) is 0 Å². The smallest absolute Gasteiger partial charge is 0.337 e. The Bertz CT molecular complexity index is 920. The van der Waals surface area contributed by atoms with Gasteiger partial charge in [0.2, 0.25) is 5.91 Å². The number of amides is 1. The average molecular weight is 377 g/mol. The van der Waals surface area contributed by atoms with Crippen molar-refractivity contribution in [3.05, 3.63) is 59.2 Å². The summed E-state index contributed by atoms with van der Waals surface area (Å²) in [6.07, 6.45) is 0.282. The Hall–Kier alpha value is -3.30. The highest BCUT2D eigenvalue weighted by Crippen LogP contribution is 2.19. The number of hydrogen-bond acceptors (Lipinski definition) is 4. The van der Waals surface area contributed by atoms with Crippen LogP contribution in [0.5, 0.6) is 0 Å². The zero-order valence-corrected chi connectivity index (χ0v) is 15.8. The van der Waals surface area contributed by atoms with Crippen molar-refractivity contribution in [3.8, 4) is 11.8 Å². The highest BCUT2D eigenvalue weighted by molar-refractivity contribution is 6.00. The number of aromatic carboxylic acids is 1. The van der Waals surface area contributed by atoms with Crippen LogP contribution < -0.4 is 15.5 Å². The van der Waals surface area contributed by atoms with Crippen LogP contribution in [0.1, 0.15) is 34.8 Å². The molecular weight excluding hydrogens is 354 g/mol. The SMILES string of the molecule is CCC(=O)Nc1ccc(C#Cc2ccc(N3CCNCC3)cc2)cc1C(=O)O. The molecule has 0 unspecified atom stereocenters. The molecule has 0 aliphatic carbocycles. The fourth-order valence-corrected chi connectivity index (χ4v) is 2.97. The Labute approximate surface area is 164 Å². The van der Waals surface area contributed by atoms with Gasteiger partial charge in [0, 0.05) is 49.4 Å². The first kappa shape index (κ1) is 19.5. The van der Waals surface area contributed by atoms with Crippen LogP contribution >= 0.6 is 0 Å². The lowest BCUT2D eigenvalue weighted by Crippen LogP contribution is -2.43. The molecule has 144 valence electrons. The van der Waals surface area contributed by atoms with Gasteiger partial charge in [-0.3, -0.25) is 4.79 Å². The van der Waals surface area contributed by atoms with E-state index in [0.29, 0.717) is 5.56 Å². The summed E-state index contributed by atoms with van der Waals surface area (Å²) in [4.78, 5) is 25.4. The second-order valence-corrected chi connectivity index (χ2v) is 6.50. The lowest BCUT2D eigenvalue weighted by Gasteiger charge is -2.29. The van der Waals surface area contributed by atoms with Gasteiger partial charge >= 0.3 is 5.97 Å². The number of rotatable bonds is 4. The van der Waals surface area contributed by atoms with Crippen molar-refractivity contribution >= 4 is 23.3 Å². The second kappa shape index (κ2) is 9.07. The van der Waals surface area contributed by atoms with Gasteiger partial charge in [-0.05, 0) is 42.5 Å². The number of carbonyl (C=O) groups is 2. The molecule has 0 radical (unpaired) electrons. The molecule has 6 heteroatoms. The largest absolute Gasteiger partial charge is 0.478 e. The van der Waals surface area contributed by atoms with Crippen molar-refractivity contribution in [2.45, 2.75) is 13.3 Å². The van der Waals surface area contributed by atoms with Crippen LogP contribution in [0, 0.1) is 11.8 Å². The molecule has 28 heavy (non-hydrogen) atoms. The van der Waals surface area contributed by atoms with E-state index in [1.807, 2.05) is 12.1 Å². The molecule has 1 heterocycles. The predicted octanol–water partition coefficient (Wildman–Crippen LogP) is 2.54. The van der Waals surface area contributed by atoms with Crippen molar-refractivity contribution in [2.75, 3.05) is 36.4 Å². The van der Waals surface area contributed by atoms with Gasteiger partial charge < -0.3 is 20.6 Å². The summed E-state index contributed by atoms with van der Waals surface area (Å²) in [6.45, 7) is 5.67. The minimum atomic E-state index is -1.10. The van der Waals surface area contributed by atoms with Gasteiger partial charge in [0.1, 0.15) is 0 Å². The predicted molar refractivity (Wildman–Crippen MR) is 110 cm³/mol. The third-order valence-corrected chi connectivity index (χ3v) is 4.55. The van der Waals surface area contributed by atoms with E-state index in [1.165, 1.54) is 11.8 Å². The summed E-state index contributed by atoms with van der Waals surface area (Å²) in [7, 11) is 0. The number of anilines is 2. The van der Waals surface area contributed by atoms with Crippen LogP contribution in [0.4, 0.5) is 11.4 Å². The standard InChI is InChI=1S/C22H23N3O3/c1-2-21(26)24-20-10-7-17(15-19(20)22(27)28)4-3-16-5-8-18(9-6-16)25-13-11-23-12-14-25/h5-10,15,23H,2,11-14H2,1H3,(H,24,26)(H,27,28). The van der Waals surface area contributed by atoms with E-state index >= 15 is 0 Å². The molecule has 6 nitrogen and oxygen atoms in total. The van der Waals surface area contributed by atoms with E-state index in [-0.39, 0.29) is 23.6 Å². The Morgan fingerprint density at radius 1 is 1.07 bits per heavy atom. The van der Waals surface area contributed by atoms with E-state index in [2.05, 4.69) is 39.5 Å². The number of benzene rings is 2.